The van der Waals surface area contributed by atoms with Gasteiger partial charge in [0, 0.05) is 31.4 Å². The summed E-state index contributed by atoms with van der Waals surface area (Å²) < 4.78 is 2.40. The van der Waals surface area contributed by atoms with Crippen molar-refractivity contribution in [3.05, 3.63) is 35.2 Å². The van der Waals surface area contributed by atoms with Gasteiger partial charge in [-0.1, -0.05) is 0 Å². The summed E-state index contributed by atoms with van der Waals surface area (Å²) in [5.41, 5.74) is 2.82. The highest BCUT2D eigenvalue weighted by Gasteiger charge is 2.22. The number of piperidine rings is 1. The van der Waals surface area contributed by atoms with E-state index in [2.05, 4.69) is 31.0 Å². The van der Waals surface area contributed by atoms with E-state index in [9.17, 15) is 9.90 Å². The monoisotopic (exact) mass is 431 g/mol. The fourth-order valence-electron chi connectivity index (χ4n) is 3.34. The number of nitrogens with zero attached hydrogens (tertiary/aromatic N) is 5. The molecule has 1 saturated heterocycles. The number of phenols is 1. The molecule has 0 radical (unpaired) electrons. The van der Waals surface area contributed by atoms with E-state index < -0.39 is 6.09 Å². The van der Waals surface area contributed by atoms with E-state index in [-0.39, 0.29) is 5.75 Å². The van der Waals surface area contributed by atoms with Gasteiger partial charge in [-0.25, -0.2) is 9.78 Å². The molecule has 3 heterocycles. The Morgan fingerprint density at radius 3 is 2.78 bits per heavy atom. The largest absolute Gasteiger partial charge is 0.507 e. The third-order valence-corrected chi connectivity index (χ3v) is 5.67. The normalized spacial score (nSPS) is 15.4. The molecule has 1 aromatic carbocycles. The van der Waals surface area contributed by atoms with Gasteiger partial charge in [0.05, 0.1) is 28.1 Å². The van der Waals surface area contributed by atoms with E-state index in [4.69, 9.17) is 5.11 Å². The van der Waals surface area contributed by atoms with Gasteiger partial charge >= 0.3 is 6.09 Å². The Bertz CT molecular complexity index is 998. The minimum Gasteiger partial charge on any atom is -0.507 e. The van der Waals surface area contributed by atoms with E-state index in [1.165, 1.54) is 4.90 Å². The molecular weight excluding hydrogens is 414 g/mol. The molecule has 0 spiro atoms. The number of likely N-dealkylation sites (tertiary alicyclic amines) is 1. The molecule has 140 valence electrons. The predicted octanol–water partition coefficient (Wildman–Crippen LogP) is 3.35. The average Bonchev–Trinajstić information content (AvgIpc) is 3.13. The van der Waals surface area contributed by atoms with Crippen molar-refractivity contribution in [1.29, 1.82) is 0 Å². The van der Waals surface area contributed by atoms with Crippen LogP contribution in [0.2, 0.25) is 0 Å². The van der Waals surface area contributed by atoms with Crippen molar-refractivity contribution in [3.8, 4) is 17.0 Å². The summed E-state index contributed by atoms with van der Waals surface area (Å²) >= 11 is 3.35. The number of rotatable bonds is 3. The van der Waals surface area contributed by atoms with Crippen molar-refractivity contribution in [3.63, 3.8) is 0 Å². The SMILES string of the molecule is O=C(O)N1CCC(Cn2cc(-c3cnc4ccc(O)c(Br)c4n3)cn2)CC1. The summed E-state index contributed by atoms with van der Waals surface area (Å²) in [6, 6.07) is 3.30. The van der Waals surface area contributed by atoms with E-state index in [1.54, 1.807) is 24.5 Å². The quantitative estimate of drug-likeness (QED) is 0.658. The topological polar surface area (TPSA) is 104 Å². The van der Waals surface area contributed by atoms with E-state index >= 15 is 0 Å². The maximum atomic E-state index is 11.0. The van der Waals surface area contributed by atoms with Crippen molar-refractivity contribution in [1.82, 2.24) is 24.6 Å². The lowest BCUT2D eigenvalue weighted by Crippen LogP contribution is -2.38. The van der Waals surface area contributed by atoms with Gasteiger partial charge < -0.3 is 15.1 Å². The molecule has 1 amide bonds. The van der Waals surface area contributed by atoms with Gasteiger partial charge in [-0.05, 0) is 46.8 Å². The molecule has 1 aliphatic rings. The molecule has 4 rings (SSSR count). The summed E-state index contributed by atoms with van der Waals surface area (Å²) in [6.45, 7) is 1.89. The van der Waals surface area contributed by atoms with Gasteiger partial charge in [0.25, 0.3) is 0 Å². The molecule has 8 nitrogen and oxygen atoms in total. The second-order valence-corrected chi connectivity index (χ2v) is 7.48. The van der Waals surface area contributed by atoms with Gasteiger partial charge in [-0.2, -0.15) is 5.10 Å². The predicted molar refractivity (Wildman–Crippen MR) is 102 cm³/mol. The van der Waals surface area contributed by atoms with Crippen LogP contribution in [0.5, 0.6) is 5.75 Å². The zero-order valence-electron chi connectivity index (χ0n) is 14.4. The van der Waals surface area contributed by atoms with Crippen molar-refractivity contribution in [2.24, 2.45) is 5.92 Å². The van der Waals surface area contributed by atoms with Crippen LogP contribution in [-0.2, 0) is 6.54 Å². The zero-order valence-corrected chi connectivity index (χ0v) is 16.0. The maximum absolute atomic E-state index is 11.0. The van der Waals surface area contributed by atoms with Crippen LogP contribution in [0.4, 0.5) is 4.79 Å². The third-order valence-electron chi connectivity index (χ3n) is 4.89. The van der Waals surface area contributed by atoms with Crippen LogP contribution in [0.25, 0.3) is 22.3 Å². The fourth-order valence-corrected chi connectivity index (χ4v) is 3.76. The fraction of sp³-hybridized carbons (Fsp3) is 0.333. The number of carbonyl (C=O) groups is 1. The average molecular weight is 432 g/mol. The zero-order chi connectivity index (χ0) is 19.0. The van der Waals surface area contributed by atoms with E-state index in [1.807, 2.05) is 10.9 Å². The lowest BCUT2D eigenvalue weighted by atomic mass is 9.97. The highest BCUT2D eigenvalue weighted by Crippen LogP contribution is 2.31. The second kappa shape index (κ2) is 7.15. The summed E-state index contributed by atoms with van der Waals surface area (Å²) in [7, 11) is 0. The van der Waals surface area contributed by atoms with Crippen molar-refractivity contribution in [2.45, 2.75) is 19.4 Å². The number of phenolic OH excluding ortho intramolecular Hbond substituents is 1. The van der Waals surface area contributed by atoms with Gasteiger partial charge in [0.15, 0.2) is 0 Å². The van der Waals surface area contributed by atoms with Crippen LogP contribution in [0.3, 0.4) is 0 Å². The second-order valence-electron chi connectivity index (χ2n) is 6.69. The van der Waals surface area contributed by atoms with Crippen LogP contribution in [0.15, 0.2) is 35.2 Å². The Labute approximate surface area is 163 Å². The molecule has 0 atom stereocenters. The van der Waals surface area contributed by atoms with Crippen LogP contribution in [0.1, 0.15) is 12.8 Å². The highest BCUT2D eigenvalue weighted by atomic mass is 79.9. The number of fused-ring (bicyclic) bond motifs is 1. The number of hydrogen-bond acceptors (Lipinski definition) is 5. The van der Waals surface area contributed by atoms with Crippen LogP contribution in [-0.4, -0.2) is 54.0 Å². The van der Waals surface area contributed by atoms with Gasteiger partial charge in [-0.3, -0.25) is 9.67 Å². The Morgan fingerprint density at radius 2 is 2.04 bits per heavy atom. The van der Waals surface area contributed by atoms with E-state index in [0.717, 1.165) is 24.9 Å². The van der Waals surface area contributed by atoms with E-state index in [0.29, 0.717) is 40.2 Å². The number of amides is 1. The first-order chi connectivity index (χ1) is 13.0. The number of benzene rings is 1. The molecule has 1 aliphatic heterocycles. The van der Waals surface area contributed by atoms with Crippen molar-refractivity contribution in [2.75, 3.05) is 13.1 Å². The van der Waals surface area contributed by atoms with Gasteiger partial charge in [0.2, 0.25) is 0 Å². The molecule has 2 aromatic heterocycles. The highest BCUT2D eigenvalue weighted by molar-refractivity contribution is 9.10. The Morgan fingerprint density at radius 1 is 1.26 bits per heavy atom. The molecular formula is C18H18BrN5O3. The molecule has 1 fully saturated rings. The standard InChI is InChI=1S/C18H18BrN5O3/c19-16-15(25)2-1-13-17(16)22-14(8-20-13)12-7-21-24(10-12)9-11-3-5-23(6-4-11)18(26)27/h1-2,7-8,10-11,25H,3-6,9H2,(H,26,27). The minimum absolute atomic E-state index is 0.123. The summed E-state index contributed by atoms with van der Waals surface area (Å²) in [5.74, 6) is 0.527. The first kappa shape index (κ1) is 17.7. The third kappa shape index (κ3) is 3.59. The lowest BCUT2D eigenvalue weighted by molar-refractivity contribution is 0.121. The first-order valence-corrected chi connectivity index (χ1v) is 9.45. The number of hydrogen-bond donors (Lipinski definition) is 2. The molecule has 0 unspecified atom stereocenters. The number of halogens is 1. The molecule has 0 saturated carbocycles. The smallest absolute Gasteiger partial charge is 0.407 e. The molecule has 0 bridgehead atoms. The number of carboxylic acid groups (broad SMARTS) is 1. The number of aromatic hydroxyl groups is 1. The Hall–Kier alpha value is -2.68. The van der Waals surface area contributed by atoms with Crippen LogP contribution in [0, 0.1) is 5.92 Å². The Balaban J connectivity index is 1.50. The summed E-state index contributed by atoms with van der Waals surface area (Å²) in [4.78, 5) is 21.5. The van der Waals surface area contributed by atoms with Gasteiger partial charge in [-0.15, -0.1) is 0 Å². The van der Waals surface area contributed by atoms with Crippen molar-refractivity contribution < 1.29 is 15.0 Å². The summed E-state index contributed by atoms with van der Waals surface area (Å²) in [5, 5.41) is 23.3. The molecule has 2 N–H and O–H groups in total. The van der Waals surface area contributed by atoms with Crippen LogP contribution >= 0.6 is 15.9 Å². The molecule has 9 heteroatoms. The molecule has 0 aliphatic carbocycles. The molecule has 27 heavy (non-hydrogen) atoms. The van der Waals surface area contributed by atoms with Crippen molar-refractivity contribution >= 4 is 33.1 Å². The summed E-state index contributed by atoms with van der Waals surface area (Å²) in [6.07, 6.45) is 6.20. The first-order valence-electron chi connectivity index (χ1n) is 8.66. The maximum Gasteiger partial charge on any atom is 0.407 e. The lowest BCUT2D eigenvalue weighted by Gasteiger charge is -2.29. The Kier molecular flexibility index (Phi) is 4.69. The molecule has 3 aromatic rings. The van der Waals surface area contributed by atoms with Gasteiger partial charge in [0.1, 0.15) is 11.3 Å². The van der Waals surface area contributed by atoms with Crippen LogP contribution < -0.4 is 0 Å². The minimum atomic E-state index is -0.845. The number of aromatic nitrogens is 4.